The fourth-order valence-corrected chi connectivity index (χ4v) is 2.96. The van der Waals surface area contributed by atoms with Gasteiger partial charge in [0, 0.05) is 42.6 Å². The lowest BCUT2D eigenvalue weighted by atomic mass is 10.1. The predicted octanol–water partition coefficient (Wildman–Crippen LogP) is 4.00. The molecule has 1 aliphatic rings. The van der Waals surface area contributed by atoms with Crippen molar-refractivity contribution in [3.63, 3.8) is 0 Å². The molecule has 1 N–H and O–H groups in total. The van der Waals surface area contributed by atoms with Crippen molar-refractivity contribution in [3.05, 3.63) is 59.1 Å². The zero-order valence-corrected chi connectivity index (χ0v) is 13.9. The van der Waals surface area contributed by atoms with Gasteiger partial charge >= 0.3 is 6.03 Å². The molecule has 1 aliphatic heterocycles. The van der Waals surface area contributed by atoms with Gasteiger partial charge in [-0.25, -0.2) is 4.79 Å². The van der Waals surface area contributed by atoms with Crippen molar-refractivity contribution in [1.29, 1.82) is 0 Å². The van der Waals surface area contributed by atoms with Gasteiger partial charge in [-0.15, -0.1) is 0 Å². The molecule has 0 unspecified atom stereocenters. The van der Waals surface area contributed by atoms with Crippen LogP contribution in [0.25, 0.3) is 0 Å². The van der Waals surface area contributed by atoms with Crippen LogP contribution in [0.2, 0.25) is 5.02 Å². The number of benzene rings is 2. The Morgan fingerprint density at radius 3 is 2.43 bits per heavy atom. The van der Waals surface area contributed by atoms with Crippen molar-refractivity contribution < 1.29 is 4.79 Å². The quantitative estimate of drug-likeness (QED) is 0.903. The molecular weight excluding hydrogens is 310 g/mol. The number of halogens is 1. The summed E-state index contributed by atoms with van der Waals surface area (Å²) in [7, 11) is 0. The molecule has 2 aromatic rings. The first-order valence-electron chi connectivity index (χ1n) is 7.75. The minimum Gasteiger partial charge on any atom is -0.368 e. The molecule has 2 amide bonds. The Hall–Kier alpha value is -2.20. The maximum Gasteiger partial charge on any atom is 0.321 e. The maximum atomic E-state index is 12.3. The van der Waals surface area contributed by atoms with Crippen LogP contribution in [0.3, 0.4) is 0 Å². The highest BCUT2D eigenvalue weighted by Crippen LogP contribution is 2.25. The van der Waals surface area contributed by atoms with Crippen molar-refractivity contribution in [1.82, 2.24) is 4.90 Å². The first kappa shape index (κ1) is 15.7. The standard InChI is InChI=1S/C18H20ClN3O/c1-14-7-8-15(19)13-17(14)21-9-11-22(12-10-21)18(23)20-16-5-3-2-4-6-16/h2-8,13H,9-12H2,1H3,(H,20,23). The maximum absolute atomic E-state index is 12.3. The molecule has 23 heavy (non-hydrogen) atoms. The monoisotopic (exact) mass is 329 g/mol. The van der Waals surface area contributed by atoms with Crippen LogP contribution >= 0.6 is 11.6 Å². The Bertz CT molecular complexity index is 682. The van der Waals surface area contributed by atoms with Crippen LogP contribution in [0, 0.1) is 6.92 Å². The molecule has 2 aromatic carbocycles. The summed E-state index contributed by atoms with van der Waals surface area (Å²) in [4.78, 5) is 16.4. The Morgan fingerprint density at radius 1 is 1.04 bits per heavy atom. The summed E-state index contributed by atoms with van der Waals surface area (Å²) in [5, 5.41) is 3.68. The van der Waals surface area contributed by atoms with Crippen molar-refractivity contribution in [2.45, 2.75) is 6.92 Å². The predicted molar refractivity (Wildman–Crippen MR) is 95.4 cm³/mol. The van der Waals surface area contributed by atoms with E-state index in [0.29, 0.717) is 13.1 Å². The smallest absolute Gasteiger partial charge is 0.321 e. The van der Waals surface area contributed by atoms with E-state index in [9.17, 15) is 4.79 Å². The van der Waals surface area contributed by atoms with E-state index in [1.54, 1.807) is 0 Å². The average Bonchev–Trinajstić information content (AvgIpc) is 2.58. The molecule has 0 spiro atoms. The highest BCUT2D eigenvalue weighted by Gasteiger charge is 2.22. The molecule has 1 heterocycles. The summed E-state index contributed by atoms with van der Waals surface area (Å²) in [6, 6.07) is 15.4. The molecule has 4 nitrogen and oxygen atoms in total. The van der Waals surface area contributed by atoms with Crippen LogP contribution in [-0.4, -0.2) is 37.1 Å². The van der Waals surface area contributed by atoms with Crippen molar-refractivity contribution >= 4 is 29.0 Å². The van der Waals surface area contributed by atoms with E-state index < -0.39 is 0 Å². The molecule has 0 saturated carbocycles. The fourth-order valence-electron chi connectivity index (χ4n) is 2.80. The van der Waals surface area contributed by atoms with Gasteiger partial charge in [0.1, 0.15) is 0 Å². The summed E-state index contributed by atoms with van der Waals surface area (Å²) in [5.41, 5.74) is 3.18. The van der Waals surface area contributed by atoms with Crippen molar-refractivity contribution in [3.8, 4) is 0 Å². The topological polar surface area (TPSA) is 35.6 Å². The second-order valence-electron chi connectivity index (χ2n) is 5.70. The van der Waals surface area contributed by atoms with E-state index in [2.05, 4.69) is 17.1 Å². The van der Waals surface area contributed by atoms with Gasteiger partial charge in [0.2, 0.25) is 0 Å². The second-order valence-corrected chi connectivity index (χ2v) is 6.14. The van der Waals surface area contributed by atoms with E-state index >= 15 is 0 Å². The van der Waals surface area contributed by atoms with Crippen LogP contribution in [-0.2, 0) is 0 Å². The van der Waals surface area contributed by atoms with Gasteiger partial charge in [-0.05, 0) is 36.8 Å². The second kappa shape index (κ2) is 6.92. The van der Waals surface area contributed by atoms with Gasteiger partial charge in [-0.2, -0.15) is 0 Å². The van der Waals surface area contributed by atoms with E-state index in [1.807, 2.05) is 53.4 Å². The van der Waals surface area contributed by atoms with Crippen LogP contribution in [0.1, 0.15) is 5.56 Å². The fraction of sp³-hybridized carbons (Fsp3) is 0.278. The van der Waals surface area contributed by atoms with Crippen molar-refractivity contribution in [2.75, 3.05) is 36.4 Å². The minimum atomic E-state index is -0.0429. The molecule has 1 saturated heterocycles. The van der Waals surface area contributed by atoms with E-state index in [4.69, 9.17) is 11.6 Å². The van der Waals surface area contributed by atoms with Gasteiger partial charge < -0.3 is 15.1 Å². The van der Waals surface area contributed by atoms with Crippen LogP contribution in [0.15, 0.2) is 48.5 Å². The average molecular weight is 330 g/mol. The van der Waals surface area contributed by atoms with Crippen LogP contribution in [0.4, 0.5) is 16.2 Å². The summed E-state index contributed by atoms with van der Waals surface area (Å²) < 4.78 is 0. The number of nitrogens with zero attached hydrogens (tertiary/aromatic N) is 2. The molecule has 0 radical (unpaired) electrons. The Morgan fingerprint density at radius 2 is 1.74 bits per heavy atom. The first-order chi connectivity index (χ1) is 11.1. The van der Waals surface area contributed by atoms with Gasteiger partial charge in [0.05, 0.1) is 0 Å². The molecular formula is C18H20ClN3O. The van der Waals surface area contributed by atoms with Crippen molar-refractivity contribution in [2.24, 2.45) is 0 Å². The van der Waals surface area contributed by atoms with E-state index in [0.717, 1.165) is 29.5 Å². The van der Waals surface area contributed by atoms with Crippen LogP contribution in [0.5, 0.6) is 0 Å². The summed E-state index contributed by atoms with van der Waals surface area (Å²) in [6.45, 7) is 5.10. The third-order valence-corrected chi connectivity index (χ3v) is 4.34. The lowest BCUT2D eigenvalue weighted by Gasteiger charge is -2.36. The molecule has 0 aromatic heterocycles. The largest absolute Gasteiger partial charge is 0.368 e. The van der Waals surface area contributed by atoms with E-state index in [1.165, 1.54) is 5.56 Å². The number of piperazine rings is 1. The summed E-state index contributed by atoms with van der Waals surface area (Å²) in [6.07, 6.45) is 0. The van der Waals surface area contributed by atoms with Gasteiger partial charge in [0.15, 0.2) is 0 Å². The number of carbonyl (C=O) groups excluding carboxylic acids is 1. The Balaban J connectivity index is 1.60. The number of hydrogen-bond acceptors (Lipinski definition) is 2. The number of urea groups is 1. The summed E-state index contributed by atoms with van der Waals surface area (Å²) in [5.74, 6) is 0. The molecule has 0 bridgehead atoms. The third kappa shape index (κ3) is 3.77. The molecule has 120 valence electrons. The number of aryl methyl sites for hydroxylation is 1. The lowest BCUT2D eigenvalue weighted by Crippen LogP contribution is -2.50. The first-order valence-corrected chi connectivity index (χ1v) is 8.13. The van der Waals surface area contributed by atoms with Crippen LogP contribution < -0.4 is 10.2 Å². The zero-order valence-electron chi connectivity index (χ0n) is 13.1. The molecule has 3 rings (SSSR count). The van der Waals surface area contributed by atoms with Gasteiger partial charge in [-0.1, -0.05) is 35.9 Å². The molecule has 0 aliphatic carbocycles. The highest BCUT2D eigenvalue weighted by atomic mass is 35.5. The third-order valence-electron chi connectivity index (χ3n) is 4.10. The van der Waals surface area contributed by atoms with Gasteiger partial charge in [0.25, 0.3) is 0 Å². The zero-order chi connectivity index (χ0) is 16.2. The molecule has 0 atom stereocenters. The van der Waals surface area contributed by atoms with Gasteiger partial charge in [-0.3, -0.25) is 0 Å². The summed E-state index contributed by atoms with van der Waals surface area (Å²) >= 11 is 6.10. The number of rotatable bonds is 2. The number of nitrogens with one attached hydrogen (secondary N) is 1. The number of anilines is 2. The SMILES string of the molecule is Cc1ccc(Cl)cc1N1CCN(C(=O)Nc2ccccc2)CC1. The lowest BCUT2D eigenvalue weighted by molar-refractivity contribution is 0.208. The highest BCUT2D eigenvalue weighted by molar-refractivity contribution is 6.30. The Kier molecular flexibility index (Phi) is 4.72. The molecule has 1 fully saturated rings. The Labute approximate surface area is 141 Å². The normalized spacial score (nSPS) is 14.7. The number of carbonyl (C=O) groups is 1. The number of amides is 2. The number of para-hydroxylation sites is 1. The number of hydrogen-bond donors (Lipinski definition) is 1. The molecule has 5 heteroatoms. The van der Waals surface area contributed by atoms with E-state index in [-0.39, 0.29) is 6.03 Å². The minimum absolute atomic E-state index is 0.0429.